The molecule has 4 nitrogen and oxygen atoms in total. The van der Waals surface area contributed by atoms with Gasteiger partial charge in [0, 0.05) is 6.54 Å². The Morgan fingerprint density at radius 3 is 2.57 bits per heavy atom. The summed E-state index contributed by atoms with van der Waals surface area (Å²) < 4.78 is 5.61. The predicted molar refractivity (Wildman–Crippen MR) is 95.2 cm³/mol. The molecule has 1 atom stereocenters. The molecule has 2 aromatic rings. The summed E-state index contributed by atoms with van der Waals surface area (Å²) in [7, 11) is 0. The monoisotopic (exact) mass is 334 g/mol. The fourth-order valence-electron chi connectivity index (χ4n) is 2.25. The van der Waals surface area contributed by atoms with Crippen molar-refractivity contribution in [2.75, 3.05) is 19.7 Å². The lowest BCUT2D eigenvalue weighted by atomic mass is 9.98. The van der Waals surface area contributed by atoms with E-state index in [1.807, 2.05) is 61.5 Å². The van der Waals surface area contributed by atoms with Crippen molar-refractivity contribution in [3.63, 3.8) is 0 Å². The SMILES string of the molecule is Cc1cccc(OCCNC(=O)C(CN)c2ccccc2)c1.Cl. The van der Waals surface area contributed by atoms with Gasteiger partial charge in [-0.1, -0.05) is 42.5 Å². The van der Waals surface area contributed by atoms with Gasteiger partial charge in [-0.25, -0.2) is 0 Å². The van der Waals surface area contributed by atoms with Crippen LogP contribution in [-0.2, 0) is 4.79 Å². The van der Waals surface area contributed by atoms with Crippen LogP contribution in [0.3, 0.4) is 0 Å². The fraction of sp³-hybridized carbons (Fsp3) is 0.278. The van der Waals surface area contributed by atoms with Gasteiger partial charge in [-0.15, -0.1) is 12.4 Å². The fourth-order valence-corrected chi connectivity index (χ4v) is 2.25. The molecule has 0 radical (unpaired) electrons. The van der Waals surface area contributed by atoms with Crippen molar-refractivity contribution in [2.45, 2.75) is 12.8 Å². The van der Waals surface area contributed by atoms with E-state index in [9.17, 15) is 4.79 Å². The van der Waals surface area contributed by atoms with Crippen LogP contribution < -0.4 is 15.8 Å². The van der Waals surface area contributed by atoms with Crippen molar-refractivity contribution in [2.24, 2.45) is 5.73 Å². The van der Waals surface area contributed by atoms with Crippen LogP contribution in [0.2, 0.25) is 0 Å². The minimum atomic E-state index is -0.319. The van der Waals surface area contributed by atoms with Gasteiger partial charge in [-0.05, 0) is 30.2 Å². The molecule has 0 fully saturated rings. The highest BCUT2D eigenvalue weighted by atomic mass is 35.5. The minimum Gasteiger partial charge on any atom is -0.492 e. The minimum absolute atomic E-state index is 0. The first-order valence-corrected chi connectivity index (χ1v) is 7.43. The maximum absolute atomic E-state index is 12.2. The largest absolute Gasteiger partial charge is 0.492 e. The average molecular weight is 335 g/mol. The molecular formula is C18H23ClN2O2. The Morgan fingerprint density at radius 1 is 1.17 bits per heavy atom. The van der Waals surface area contributed by atoms with Crippen molar-refractivity contribution < 1.29 is 9.53 Å². The highest BCUT2D eigenvalue weighted by Crippen LogP contribution is 2.14. The third kappa shape index (κ3) is 5.93. The Hall–Kier alpha value is -2.04. The molecule has 1 unspecified atom stereocenters. The van der Waals surface area contributed by atoms with E-state index in [0.29, 0.717) is 13.2 Å². The number of carbonyl (C=O) groups is 1. The van der Waals surface area contributed by atoms with Crippen molar-refractivity contribution in [3.05, 3.63) is 65.7 Å². The number of carbonyl (C=O) groups excluding carboxylic acids is 1. The van der Waals surface area contributed by atoms with Gasteiger partial charge in [-0.2, -0.15) is 0 Å². The first kappa shape index (κ1) is 19.0. The first-order chi connectivity index (χ1) is 10.7. The van der Waals surface area contributed by atoms with E-state index in [1.165, 1.54) is 0 Å². The van der Waals surface area contributed by atoms with Crippen molar-refractivity contribution >= 4 is 18.3 Å². The lowest BCUT2D eigenvalue weighted by molar-refractivity contribution is -0.122. The third-order valence-corrected chi connectivity index (χ3v) is 3.41. The molecule has 2 rings (SSSR count). The zero-order valence-corrected chi connectivity index (χ0v) is 14.0. The molecule has 0 bridgehead atoms. The van der Waals surface area contributed by atoms with Gasteiger partial charge in [0.25, 0.3) is 0 Å². The summed E-state index contributed by atoms with van der Waals surface area (Å²) in [6.07, 6.45) is 0. The van der Waals surface area contributed by atoms with Gasteiger partial charge in [0.15, 0.2) is 0 Å². The quantitative estimate of drug-likeness (QED) is 0.765. The molecule has 0 saturated carbocycles. The highest BCUT2D eigenvalue weighted by molar-refractivity contribution is 5.85. The summed E-state index contributed by atoms with van der Waals surface area (Å²) in [6.45, 7) is 3.19. The third-order valence-electron chi connectivity index (χ3n) is 3.41. The normalized spacial score (nSPS) is 11.2. The molecule has 0 aliphatic rings. The average Bonchev–Trinajstić information content (AvgIpc) is 2.53. The maximum Gasteiger partial charge on any atom is 0.228 e. The molecule has 0 aromatic heterocycles. The van der Waals surface area contributed by atoms with Crippen LogP contribution in [0.5, 0.6) is 5.75 Å². The number of nitrogens with two attached hydrogens (primary N) is 1. The first-order valence-electron chi connectivity index (χ1n) is 7.43. The molecule has 0 spiro atoms. The maximum atomic E-state index is 12.2. The zero-order chi connectivity index (χ0) is 15.8. The van der Waals surface area contributed by atoms with Gasteiger partial charge < -0.3 is 15.8 Å². The number of benzene rings is 2. The van der Waals surface area contributed by atoms with Crippen LogP contribution in [0, 0.1) is 6.92 Å². The molecule has 0 aliphatic heterocycles. The Balaban J connectivity index is 0.00000264. The summed E-state index contributed by atoms with van der Waals surface area (Å²) in [6, 6.07) is 17.4. The number of rotatable bonds is 7. The van der Waals surface area contributed by atoms with Crippen LogP contribution in [0.4, 0.5) is 0 Å². The van der Waals surface area contributed by atoms with Gasteiger partial charge in [0.1, 0.15) is 12.4 Å². The topological polar surface area (TPSA) is 64.3 Å². The van der Waals surface area contributed by atoms with Crippen LogP contribution in [0.15, 0.2) is 54.6 Å². The molecule has 0 saturated heterocycles. The Morgan fingerprint density at radius 2 is 1.91 bits per heavy atom. The van der Waals surface area contributed by atoms with Crippen molar-refractivity contribution in [1.82, 2.24) is 5.32 Å². The van der Waals surface area contributed by atoms with E-state index in [4.69, 9.17) is 10.5 Å². The molecular weight excluding hydrogens is 312 g/mol. The molecule has 23 heavy (non-hydrogen) atoms. The molecule has 1 amide bonds. The molecule has 2 aromatic carbocycles. The number of halogens is 1. The van der Waals surface area contributed by atoms with E-state index < -0.39 is 0 Å². The van der Waals surface area contributed by atoms with Gasteiger partial charge in [0.2, 0.25) is 5.91 Å². The van der Waals surface area contributed by atoms with E-state index in [1.54, 1.807) is 0 Å². The number of ether oxygens (including phenoxy) is 1. The lowest BCUT2D eigenvalue weighted by Gasteiger charge is -2.15. The van der Waals surface area contributed by atoms with Crippen LogP contribution in [0.1, 0.15) is 17.0 Å². The van der Waals surface area contributed by atoms with Crippen LogP contribution >= 0.6 is 12.4 Å². The second-order valence-electron chi connectivity index (χ2n) is 5.15. The summed E-state index contributed by atoms with van der Waals surface area (Å²) in [5.74, 6) is 0.425. The summed E-state index contributed by atoms with van der Waals surface area (Å²) in [5.41, 5.74) is 7.81. The Kier molecular flexibility index (Phi) is 8.16. The molecule has 124 valence electrons. The smallest absolute Gasteiger partial charge is 0.228 e. The summed E-state index contributed by atoms with van der Waals surface area (Å²) in [4.78, 5) is 12.2. The second-order valence-corrected chi connectivity index (χ2v) is 5.15. The predicted octanol–water partition coefficient (Wildman–Crippen LogP) is 2.65. The molecule has 5 heteroatoms. The van der Waals surface area contributed by atoms with Crippen molar-refractivity contribution in [3.8, 4) is 5.75 Å². The number of aryl methyl sites for hydroxylation is 1. The van der Waals surface area contributed by atoms with E-state index >= 15 is 0 Å². The summed E-state index contributed by atoms with van der Waals surface area (Å²) >= 11 is 0. The van der Waals surface area contributed by atoms with Crippen LogP contribution in [0.25, 0.3) is 0 Å². The molecule has 0 heterocycles. The number of amides is 1. The Bertz CT molecular complexity index is 605. The van der Waals surface area contributed by atoms with Gasteiger partial charge in [0.05, 0.1) is 12.5 Å². The Labute approximate surface area is 143 Å². The molecule has 0 aliphatic carbocycles. The van der Waals surface area contributed by atoms with Crippen molar-refractivity contribution in [1.29, 1.82) is 0 Å². The number of nitrogens with one attached hydrogen (secondary N) is 1. The lowest BCUT2D eigenvalue weighted by Crippen LogP contribution is -2.35. The highest BCUT2D eigenvalue weighted by Gasteiger charge is 2.17. The van der Waals surface area contributed by atoms with Crippen LogP contribution in [-0.4, -0.2) is 25.6 Å². The summed E-state index contributed by atoms with van der Waals surface area (Å²) in [5, 5.41) is 2.87. The van der Waals surface area contributed by atoms with E-state index in [2.05, 4.69) is 5.32 Å². The van der Waals surface area contributed by atoms with E-state index in [0.717, 1.165) is 16.9 Å². The number of hydrogen-bond acceptors (Lipinski definition) is 3. The second kappa shape index (κ2) is 9.87. The van der Waals surface area contributed by atoms with E-state index in [-0.39, 0.29) is 30.8 Å². The van der Waals surface area contributed by atoms with Gasteiger partial charge in [-0.3, -0.25) is 4.79 Å². The zero-order valence-electron chi connectivity index (χ0n) is 13.2. The standard InChI is InChI=1S/C18H22N2O2.ClH/c1-14-6-5-9-16(12-14)22-11-10-20-18(21)17(13-19)15-7-3-2-4-8-15;/h2-9,12,17H,10-11,13,19H2,1H3,(H,20,21);1H. The van der Waals surface area contributed by atoms with Gasteiger partial charge >= 0.3 is 0 Å². The number of hydrogen-bond donors (Lipinski definition) is 2. The molecule has 3 N–H and O–H groups in total.